The van der Waals surface area contributed by atoms with Gasteiger partial charge in [0.25, 0.3) is 6.29 Å². The molecule has 3 heterocycles. The molecule has 1 aliphatic rings. The molecule has 0 aliphatic carbocycles. The molecular formula is C24H22BrN5O2S. The number of nitrogens with two attached hydrogens (primary N) is 1. The summed E-state index contributed by atoms with van der Waals surface area (Å²) in [6.45, 7) is 2.89. The fourth-order valence-electron chi connectivity index (χ4n) is 3.81. The average Bonchev–Trinajstić information content (AvgIpc) is 3.44. The number of nitrogens with zero attached hydrogens (tertiary/aromatic N) is 4. The molecule has 5 rings (SSSR count). The number of thioether (sulfide) groups is 1. The van der Waals surface area contributed by atoms with Crippen molar-refractivity contribution < 1.29 is 9.47 Å². The second-order valence-electron chi connectivity index (χ2n) is 7.60. The first-order valence-corrected chi connectivity index (χ1v) is 12.2. The van der Waals surface area contributed by atoms with E-state index in [0.717, 1.165) is 21.6 Å². The summed E-state index contributed by atoms with van der Waals surface area (Å²) < 4.78 is 14.9. The summed E-state index contributed by atoms with van der Waals surface area (Å²) in [7, 11) is 0. The molecule has 0 spiro atoms. The summed E-state index contributed by atoms with van der Waals surface area (Å²) in [5.74, 6) is 0.652. The van der Waals surface area contributed by atoms with Crippen LogP contribution in [0.3, 0.4) is 0 Å². The molecule has 0 radical (unpaired) electrons. The molecule has 0 saturated heterocycles. The first-order valence-electron chi connectivity index (χ1n) is 10.6. The van der Waals surface area contributed by atoms with Crippen LogP contribution in [0.25, 0.3) is 11.2 Å². The molecule has 0 bridgehead atoms. The van der Waals surface area contributed by atoms with Crippen molar-refractivity contribution in [3.8, 4) is 0 Å². The van der Waals surface area contributed by atoms with Gasteiger partial charge in [0.1, 0.15) is 12.6 Å². The maximum Gasteiger partial charge on any atom is 0.268 e. The molecule has 0 saturated carbocycles. The van der Waals surface area contributed by atoms with E-state index in [4.69, 9.17) is 20.2 Å². The number of anilines is 1. The predicted octanol–water partition coefficient (Wildman–Crippen LogP) is 6.00. The molecule has 0 fully saturated rings. The maximum absolute atomic E-state index is 6.12. The number of nitrogen functional groups attached to an aromatic ring is 1. The zero-order valence-corrected chi connectivity index (χ0v) is 20.3. The smallest absolute Gasteiger partial charge is 0.268 e. The summed E-state index contributed by atoms with van der Waals surface area (Å²) >= 11 is 4.95. The lowest BCUT2D eigenvalue weighted by Crippen LogP contribution is -2.10. The number of hydrogen-bond acceptors (Lipinski definition) is 7. The standard InChI is InChI=1S/C24H22BrN5O2S/c1-2-15(16-8-4-3-5-9-16)12-30-22-20(21(26)27-14-28-22)29-24(30)33-19-13-31-23(32-19)17-10-6-7-11-18(17)25/h3-11,13-15,23H,2,12H2,1H3,(H2,26,27,28). The lowest BCUT2D eigenvalue weighted by molar-refractivity contribution is -0.0278. The molecule has 33 heavy (non-hydrogen) atoms. The summed E-state index contributed by atoms with van der Waals surface area (Å²) in [5, 5.41) is 1.35. The van der Waals surface area contributed by atoms with Gasteiger partial charge in [0, 0.05) is 22.5 Å². The molecule has 2 unspecified atom stereocenters. The van der Waals surface area contributed by atoms with Crippen molar-refractivity contribution in [2.45, 2.75) is 37.3 Å². The number of ether oxygens (including phenoxy) is 2. The lowest BCUT2D eigenvalue weighted by Gasteiger charge is -2.18. The van der Waals surface area contributed by atoms with E-state index in [1.165, 1.54) is 23.7 Å². The Morgan fingerprint density at radius 1 is 1.12 bits per heavy atom. The van der Waals surface area contributed by atoms with Crippen molar-refractivity contribution in [1.29, 1.82) is 0 Å². The molecular weight excluding hydrogens is 502 g/mol. The third-order valence-electron chi connectivity index (χ3n) is 5.55. The minimum Gasteiger partial charge on any atom is -0.454 e. The van der Waals surface area contributed by atoms with Crippen LogP contribution in [-0.2, 0) is 16.0 Å². The lowest BCUT2D eigenvalue weighted by atomic mass is 9.96. The Hall–Kier alpha value is -3.04. The predicted molar refractivity (Wildman–Crippen MR) is 132 cm³/mol. The number of benzene rings is 2. The van der Waals surface area contributed by atoms with Crippen LogP contribution in [-0.4, -0.2) is 19.5 Å². The zero-order valence-electron chi connectivity index (χ0n) is 17.9. The molecule has 9 heteroatoms. The summed E-state index contributed by atoms with van der Waals surface area (Å²) in [6, 6.07) is 18.3. The van der Waals surface area contributed by atoms with E-state index in [1.54, 1.807) is 6.26 Å². The van der Waals surface area contributed by atoms with E-state index >= 15 is 0 Å². The topological polar surface area (TPSA) is 88.1 Å². The van der Waals surface area contributed by atoms with Gasteiger partial charge >= 0.3 is 0 Å². The molecule has 1 aliphatic heterocycles. The Bertz CT molecular complexity index is 1310. The first-order chi connectivity index (χ1) is 16.1. The molecule has 4 aromatic rings. The second-order valence-corrected chi connectivity index (χ2v) is 9.42. The van der Waals surface area contributed by atoms with Gasteiger partial charge in [0.15, 0.2) is 22.1 Å². The van der Waals surface area contributed by atoms with Crippen LogP contribution in [0.2, 0.25) is 0 Å². The summed E-state index contributed by atoms with van der Waals surface area (Å²) in [5.41, 5.74) is 9.61. The highest BCUT2D eigenvalue weighted by molar-refractivity contribution is 9.10. The Morgan fingerprint density at radius 3 is 2.70 bits per heavy atom. The van der Waals surface area contributed by atoms with E-state index in [0.29, 0.717) is 34.5 Å². The van der Waals surface area contributed by atoms with Crippen molar-refractivity contribution >= 4 is 44.7 Å². The van der Waals surface area contributed by atoms with Gasteiger partial charge in [-0.3, -0.25) is 0 Å². The van der Waals surface area contributed by atoms with E-state index < -0.39 is 6.29 Å². The maximum atomic E-state index is 6.12. The number of aromatic nitrogens is 4. The van der Waals surface area contributed by atoms with Gasteiger partial charge < -0.3 is 19.8 Å². The van der Waals surface area contributed by atoms with Crippen molar-refractivity contribution in [2.75, 3.05) is 5.73 Å². The van der Waals surface area contributed by atoms with Crippen LogP contribution >= 0.6 is 27.7 Å². The van der Waals surface area contributed by atoms with E-state index in [1.807, 2.05) is 30.3 Å². The SMILES string of the molecule is CCC(Cn1c(SC2=COC(c3ccccc3Br)O2)nc2c(N)ncnc21)c1ccccc1. The molecule has 2 aromatic heterocycles. The number of fused-ring (bicyclic) bond motifs is 1. The third-order valence-corrected chi connectivity index (χ3v) is 7.16. The van der Waals surface area contributed by atoms with Gasteiger partial charge in [-0.1, -0.05) is 71.4 Å². The Morgan fingerprint density at radius 2 is 1.91 bits per heavy atom. The van der Waals surface area contributed by atoms with Gasteiger partial charge in [-0.05, 0) is 29.8 Å². The number of rotatable bonds is 7. The molecule has 2 N–H and O–H groups in total. The summed E-state index contributed by atoms with van der Waals surface area (Å²) in [6.07, 6.45) is 3.56. The normalized spacial score (nSPS) is 16.3. The third kappa shape index (κ3) is 4.43. The van der Waals surface area contributed by atoms with Crippen LogP contribution < -0.4 is 5.73 Å². The van der Waals surface area contributed by atoms with E-state index in [2.05, 4.69) is 61.7 Å². The second kappa shape index (κ2) is 9.44. The minimum atomic E-state index is -0.515. The minimum absolute atomic E-state index is 0.293. The summed E-state index contributed by atoms with van der Waals surface area (Å²) in [4.78, 5) is 13.4. The number of hydrogen-bond donors (Lipinski definition) is 1. The van der Waals surface area contributed by atoms with Gasteiger partial charge in [-0.15, -0.1) is 0 Å². The van der Waals surface area contributed by atoms with Crippen LogP contribution in [0.15, 0.2) is 81.9 Å². The van der Waals surface area contributed by atoms with Gasteiger partial charge in [0.2, 0.25) is 5.09 Å². The van der Waals surface area contributed by atoms with Gasteiger partial charge in [-0.2, -0.15) is 0 Å². The average molecular weight is 524 g/mol. The van der Waals surface area contributed by atoms with Gasteiger partial charge in [-0.25, -0.2) is 15.0 Å². The van der Waals surface area contributed by atoms with Crippen molar-refractivity contribution in [3.05, 3.63) is 87.9 Å². The Balaban J connectivity index is 1.45. The Labute approximate surface area is 204 Å². The fraction of sp³-hybridized carbons (Fsp3) is 0.208. The fourth-order valence-corrected chi connectivity index (χ4v) is 5.11. The van der Waals surface area contributed by atoms with E-state index in [-0.39, 0.29) is 0 Å². The highest BCUT2D eigenvalue weighted by Crippen LogP contribution is 2.40. The van der Waals surface area contributed by atoms with Crippen LogP contribution in [0.1, 0.15) is 36.7 Å². The van der Waals surface area contributed by atoms with Crippen molar-refractivity contribution in [3.63, 3.8) is 0 Å². The Kier molecular flexibility index (Phi) is 6.24. The molecule has 2 aromatic carbocycles. The van der Waals surface area contributed by atoms with Crippen molar-refractivity contribution in [1.82, 2.24) is 19.5 Å². The van der Waals surface area contributed by atoms with E-state index in [9.17, 15) is 0 Å². The molecule has 2 atom stereocenters. The quantitative estimate of drug-likeness (QED) is 0.317. The highest BCUT2D eigenvalue weighted by Gasteiger charge is 2.27. The van der Waals surface area contributed by atoms with Crippen LogP contribution in [0, 0.1) is 0 Å². The largest absolute Gasteiger partial charge is 0.454 e. The molecule has 0 amide bonds. The zero-order chi connectivity index (χ0) is 22.8. The van der Waals surface area contributed by atoms with Crippen molar-refractivity contribution in [2.24, 2.45) is 0 Å². The number of halogens is 1. The highest BCUT2D eigenvalue weighted by atomic mass is 79.9. The first kappa shape index (κ1) is 21.8. The molecule has 168 valence electrons. The number of imidazole rings is 1. The monoisotopic (exact) mass is 523 g/mol. The van der Waals surface area contributed by atoms with Crippen LogP contribution in [0.4, 0.5) is 5.82 Å². The van der Waals surface area contributed by atoms with Crippen LogP contribution in [0.5, 0.6) is 0 Å². The molecule has 7 nitrogen and oxygen atoms in total. The van der Waals surface area contributed by atoms with Gasteiger partial charge in [0.05, 0.1) is 0 Å².